The molecule has 7 aromatic carbocycles. The first-order chi connectivity index (χ1) is 22.9. The predicted molar refractivity (Wildman–Crippen MR) is 193 cm³/mol. The number of anilines is 4. The van der Waals surface area contributed by atoms with Gasteiger partial charge in [0.05, 0.1) is 0 Å². The number of nitrogens with zero attached hydrogens (tertiary/aromatic N) is 2. The van der Waals surface area contributed by atoms with E-state index in [0.717, 1.165) is 0 Å². The third kappa shape index (κ3) is 2.23. The average molecular weight is 576 g/mol. The van der Waals surface area contributed by atoms with Crippen LogP contribution < -0.4 is 31.5 Å². The molecule has 0 atom stereocenters. The van der Waals surface area contributed by atoms with E-state index < -0.39 is 0 Å². The van der Waals surface area contributed by atoms with Gasteiger partial charge >= 0.3 is 13.7 Å². The van der Waals surface area contributed by atoms with Crippen LogP contribution in [0.2, 0.25) is 0 Å². The largest absolute Gasteiger partial charge is 0.376 e. The van der Waals surface area contributed by atoms with E-state index in [1.807, 2.05) is 0 Å². The summed E-state index contributed by atoms with van der Waals surface area (Å²) >= 11 is 0. The summed E-state index contributed by atoms with van der Waals surface area (Å²) in [4.78, 5) is 5.32. The number of hydrogen-bond donors (Lipinski definition) is 0. The fraction of sp³-hybridized carbons (Fsp3) is 0. The van der Waals surface area contributed by atoms with E-state index in [-0.39, 0.29) is 13.7 Å². The van der Waals surface area contributed by atoms with E-state index in [4.69, 9.17) is 0 Å². The second kappa shape index (κ2) is 7.38. The Morgan fingerprint density at radius 1 is 0.261 bits per heavy atom. The summed E-state index contributed by atoms with van der Waals surface area (Å²) in [6.45, 7) is 0.279. The molecule has 206 valence electrons. The number of hydrogen-bond acceptors (Lipinski definition) is 2. The highest BCUT2D eigenvalue weighted by molar-refractivity contribution is 7.00. The van der Waals surface area contributed by atoms with Gasteiger partial charge in [-0.1, -0.05) is 109 Å². The summed E-state index contributed by atoms with van der Waals surface area (Å²) < 4.78 is 0. The highest BCUT2D eigenvalue weighted by atomic mass is 15.1. The zero-order valence-corrected chi connectivity index (χ0v) is 24.8. The van der Waals surface area contributed by atoms with Gasteiger partial charge in [-0.05, 0) is 90.6 Å². The second-order valence-corrected chi connectivity index (χ2v) is 13.5. The molecule has 7 aromatic rings. The fourth-order valence-corrected chi connectivity index (χ4v) is 10.3. The molecule has 6 aliphatic rings. The van der Waals surface area contributed by atoms with E-state index in [9.17, 15) is 0 Å². The van der Waals surface area contributed by atoms with Gasteiger partial charge in [-0.15, -0.1) is 0 Å². The maximum atomic E-state index is 2.66. The Kier molecular flexibility index (Phi) is 3.65. The Hall–Kier alpha value is -5.73. The van der Waals surface area contributed by atoms with Crippen molar-refractivity contribution in [3.63, 3.8) is 0 Å². The molecular formula is C42H22B2N2. The monoisotopic (exact) mass is 576 g/mol. The van der Waals surface area contributed by atoms with Gasteiger partial charge in [0.1, 0.15) is 0 Å². The average Bonchev–Trinajstić information content (AvgIpc) is 3.64. The molecule has 4 heteroatoms. The molecule has 0 amide bonds. The molecule has 0 saturated heterocycles. The van der Waals surface area contributed by atoms with Crippen molar-refractivity contribution >= 4 is 58.3 Å². The quantitative estimate of drug-likeness (QED) is 0.173. The van der Waals surface area contributed by atoms with Crippen molar-refractivity contribution in [3.8, 4) is 66.8 Å². The van der Waals surface area contributed by atoms with E-state index in [1.165, 1.54) is 111 Å². The Labute approximate surface area is 267 Å². The molecule has 0 bridgehead atoms. The van der Waals surface area contributed by atoms with Crippen LogP contribution in [-0.4, -0.2) is 13.7 Å². The molecule has 0 N–H and O–H groups in total. The summed E-state index contributed by atoms with van der Waals surface area (Å²) in [5.41, 5.74) is 27.8. The van der Waals surface area contributed by atoms with Crippen LogP contribution in [0.3, 0.4) is 0 Å². The molecule has 0 aromatic heterocycles. The van der Waals surface area contributed by atoms with Crippen LogP contribution in [0.4, 0.5) is 22.7 Å². The van der Waals surface area contributed by atoms with Gasteiger partial charge in [0.25, 0.3) is 0 Å². The minimum atomic E-state index is 0.140. The van der Waals surface area contributed by atoms with Crippen LogP contribution in [0, 0.1) is 0 Å². The lowest BCUT2D eigenvalue weighted by molar-refractivity contribution is 1.35. The molecule has 46 heavy (non-hydrogen) atoms. The van der Waals surface area contributed by atoms with E-state index >= 15 is 0 Å². The number of para-hydroxylation sites is 4. The topological polar surface area (TPSA) is 6.48 Å². The van der Waals surface area contributed by atoms with Crippen LogP contribution in [-0.2, 0) is 0 Å². The van der Waals surface area contributed by atoms with Crippen molar-refractivity contribution in [2.75, 3.05) is 9.62 Å². The smallest absolute Gasteiger partial charge is 0.330 e. The van der Waals surface area contributed by atoms with Crippen LogP contribution in [0.25, 0.3) is 66.8 Å². The minimum Gasteiger partial charge on any atom is -0.376 e. The summed E-state index contributed by atoms with van der Waals surface area (Å²) in [5.74, 6) is 0. The molecule has 0 fully saturated rings. The summed E-state index contributed by atoms with van der Waals surface area (Å²) in [6, 6.07) is 50.6. The van der Waals surface area contributed by atoms with Crippen LogP contribution in [0.15, 0.2) is 133 Å². The highest BCUT2D eigenvalue weighted by Gasteiger charge is 2.56. The first-order valence-electron chi connectivity index (χ1n) is 16.4. The van der Waals surface area contributed by atoms with Crippen molar-refractivity contribution in [2.45, 2.75) is 0 Å². The fourth-order valence-electron chi connectivity index (χ4n) is 10.3. The van der Waals surface area contributed by atoms with Crippen molar-refractivity contribution in [2.24, 2.45) is 0 Å². The highest BCUT2D eigenvalue weighted by Crippen LogP contribution is 2.58. The maximum Gasteiger partial charge on any atom is 0.330 e. The normalized spacial score (nSPS) is 14.8. The van der Waals surface area contributed by atoms with Crippen LogP contribution in [0.1, 0.15) is 0 Å². The summed E-state index contributed by atoms with van der Waals surface area (Å²) in [7, 11) is 0. The predicted octanol–water partition coefficient (Wildman–Crippen LogP) is 7.46. The van der Waals surface area contributed by atoms with Gasteiger partial charge in [-0.25, -0.2) is 0 Å². The molecule has 0 saturated carbocycles. The molecule has 0 unspecified atom stereocenters. The molecule has 0 radical (unpaired) electrons. The Bertz CT molecular complexity index is 2460. The van der Waals surface area contributed by atoms with Gasteiger partial charge in [0.15, 0.2) is 0 Å². The minimum absolute atomic E-state index is 0.140. The van der Waals surface area contributed by atoms with Gasteiger partial charge in [0.2, 0.25) is 0 Å². The van der Waals surface area contributed by atoms with E-state index in [1.54, 1.807) is 0 Å². The van der Waals surface area contributed by atoms with Crippen molar-refractivity contribution in [1.29, 1.82) is 0 Å². The molecular weight excluding hydrogens is 554 g/mol. The molecule has 2 nitrogen and oxygen atoms in total. The van der Waals surface area contributed by atoms with Crippen LogP contribution >= 0.6 is 0 Å². The zero-order valence-electron chi connectivity index (χ0n) is 24.8. The third-order valence-electron chi connectivity index (χ3n) is 11.7. The number of benzene rings is 7. The summed E-state index contributed by atoms with van der Waals surface area (Å²) in [5, 5.41) is 0. The standard InChI is InChI=1S/C42H22B2N2/c1-5-19-31-23(11-1)25-15-9-17-29-37-38-30-18-10-16-26-24-12-2-6-20-32(24)46-34-22-8-4-14-28(34)36(42(38)44(46)40(26)30)35-27-13-3-7-21-33(27)45(31)43(39(25)29)41(35)37/h1-22H. The van der Waals surface area contributed by atoms with Gasteiger partial charge in [-0.3, -0.25) is 0 Å². The van der Waals surface area contributed by atoms with Crippen molar-refractivity contribution in [1.82, 2.24) is 0 Å². The van der Waals surface area contributed by atoms with Gasteiger partial charge < -0.3 is 9.62 Å². The van der Waals surface area contributed by atoms with E-state index in [2.05, 4.69) is 143 Å². The zero-order chi connectivity index (χ0) is 29.4. The molecule has 6 aliphatic heterocycles. The lowest BCUT2D eigenvalue weighted by Gasteiger charge is -2.45. The lowest BCUT2D eigenvalue weighted by Crippen LogP contribution is -2.59. The Balaban J connectivity index is 1.30. The second-order valence-electron chi connectivity index (χ2n) is 13.5. The van der Waals surface area contributed by atoms with E-state index in [0.29, 0.717) is 0 Å². The molecule has 6 heterocycles. The molecule has 0 spiro atoms. The van der Waals surface area contributed by atoms with Crippen molar-refractivity contribution in [3.05, 3.63) is 133 Å². The maximum absolute atomic E-state index is 2.66. The third-order valence-corrected chi connectivity index (χ3v) is 11.7. The Morgan fingerprint density at radius 3 is 1.00 bits per heavy atom. The first-order valence-corrected chi connectivity index (χ1v) is 16.4. The van der Waals surface area contributed by atoms with Crippen LogP contribution in [0.5, 0.6) is 0 Å². The van der Waals surface area contributed by atoms with Gasteiger partial charge in [-0.2, -0.15) is 0 Å². The Morgan fingerprint density at radius 2 is 0.565 bits per heavy atom. The number of rotatable bonds is 0. The van der Waals surface area contributed by atoms with Gasteiger partial charge in [0, 0.05) is 45.0 Å². The molecule has 0 aliphatic carbocycles. The summed E-state index contributed by atoms with van der Waals surface area (Å²) in [6.07, 6.45) is 0. The van der Waals surface area contributed by atoms with Crippen molar-refractivity contribution < 1.29 is 0 Å². The number of fused-ring (bicyclic) bond motifs is 16. The first kappa shape index (κ1) is 22.7. The molecule has 13 rings (SSSR count). The SMILES string of the molecule is c1ccc2c(c1)-c1cccc3c1B1c4c(c5c6c(c4-3)-c3cccc4c3B6N(c3ccccc3-4)c3ccccc3-5)-c3ccccc3N12. The lowest BCUT2D eigenvalue weighted by atomic mass is 9.42.